The van der Waals surface area contributed by atoms with Gasteiger partial charge in [-0.3, -0.25) is 0 Å². The van der Waals surface area contributed by atoms with Crippen LogP contribution in [0.5, 0.6) is 0 Å². The van der Waals surface area contributed by atoms with Crippen molar-refractivity contribution in [1.82, 2.24) is 0 Å². The van der Waals surface area contributed by atoms with Crippen molar-refractivity contribution in [3.63, 3.8) is 0 Å². The van der Waals surface area contributed by atoms with Crippen LogP contribution in [-0.4, -0.2) is 23.8 Å². The molecule has 0 aliphatic heterocycles. The van der Waals surface area contributed by atoms with E-state index in [0.29, 0.717) is 18.9 Å². The van der Waals surface area contributed by atoms with Gasteiger partial charge in [0.1, 0.15) is 0 Å². The van der Waals surface area contributed by atoms with Gasteiger partial charge in [0, 0.05) is 0 Å². The molecule has 64 valence electrons. The molecule has 0 radical (unpaired) electrons. The summed E-state index contributed by atoms with van der Waals surface area (Å²) < 4.78 is 4.64. The highest BCUT2D eigenvalue weighted by Gasteiger charge is 2.28. The lowest BCUT2D eigenvalue weighted by Gasteiger charge is -2.07. The highest BCUT2D eigenvalue weighted by molar-refractivity contribution is 5.74. The summed E-state index contributed by atoms with van der Waals surface area (Å²) in [6, 6.07) is 0. The zero-order chi connectivity index (χ0) is 8.27. The Morgan fingerprint density at radius 2 is 2.36 bits per heavy atom. The van der Waals surface area contributed by atoms with Gasteiger partial charge < -0.3 is 9.84 Å². The summed E-state index contributed by atoms with van der Waals surface area (Å²) in [5.74, 6) is 0.0915. The van der Waals surface area contributed by atoms with Gasteiger partial charge in [-0.15, -0.1) is 0 Å². The monoisotopic (exact) mass is 158 g/mol. The first kappa shape index (κ1) is 8.53. The molecule has 1 aliphatic rings. The van der Waals surface area contributed by atoms with E-state index < -0.39 is 12.1 Å². The van der Waals surface area contributed by atoms with Crippen LogP contribution in [0.15, 0.2) is 0 Å². The number of aliphatic hydroxyl groups excluding tert-OH is 1. The number of carbonyl (C=O) groups is 1. The topological polar surface area (TPSA) is 46.5 Å². The standard InChI is InChI=1S/C8H14O3/c1-2-11-8(10)7(9)5-6-3-4-6/h6-7,9H,2-5H2,1H3. The van der Waals surface area contributed by atoms with Gasteiger partial charge in [-0.25, -0.2) is 4.79 Å². The van der Waals surface area contributed by atoms with Crippen molar-refractivity contribution in [2.75, 3.05) is 6.61 Å². The molecule has 0 aromatic carbocycles. The predicted molar refractivity (Wildman–Crippen MR) is 40.0 cm³/mol. The van der Waals surface area contributed by atoms with E-state index in [9.17, 15) is 9.90 Å². The third-order valence-electron chi connectivity index (χ3n) is 1.81. The second kappa shape index (κ2) is 3.72. The zero-order valence-corrected chi connectivity index (χ0v) is 6.75. The number of hydrogen-bond donors (Lipinski definition) is 1. The molecule has 1 fully saturated rings. The van der Waals surface area contributed by atoms with Crippen LogP contribution in [-0.2, 0) is 9.53 Å². The summed E-state index contributed by atoms with van der Waals surface area (Å²) in [4.78, 5) is 10.8. The molecule has 1 saturated carbocycles. The Labute approximate surface area is 66.4 Å². The smallest absolute Gasteiger partial charge is 0.334 e. The van der Waals surface area contributed by atoms with Crippen LogP contribution >= 0.6 is 0 Å². The molecule has 0 heterocycles. The van der Waals surface area contributed by atoms with E-state index in [1.165, 1.54) is 0 Å². The van der Waals surface area contributed by atoms with Crippen LogP contribution in [0.3, 0.4) is 0 Å². The van der Waals surface area contributed by atoms with Crippen LogP contribution in [0.2, 0.25) is 0 Å². The van der Waals surface area contributed by atoms with E-state index >= 15 is 0 Å². The molecule has 0 aromatic heterocycles. The Hall–Kier alpha value is -0.570. The third-order valence-corrected chi connectivity index (χ3v) is 1.81. The molecule has 0 aromatic rings. The van der Waals surface area contributed by atoms with E-state index in [4.69, 9.17) is 0 Å². The number of aliphatic hydroxyl groups is 1. The van der Waals surface area contributed by atoms with Crippen molar-refractivity contribution in [3.05, 3.63) is 0 Å². The first-order valence-electron chi connectivity index (χ1n) is 4.08. The first-order valence-corrected chi connectivity index (χ1v) is 4.08. The van der Waals surface area contributed by atoms with Crippen LogP contribution in [0.4, 0.5) is 0 Å². The lowest BCUT2D eigenvalue weighted by Crippen LogP contribution is -2.23. The molecule has 3 heteroatoms. The molecule has 1 atom stereocenters. The van der Waals surface area contributed by atoms with E-state index in [0.717, 1.165) is 12.8 Å². The van der Waals surface area contributed by atoms with Crippen molar-refractivity contribution in [2.45, 2.75) is 32.3 Å². The maximum absolute atomic E-state index is 10.8. The molecular formula is C8H14O3. The van der Waals surface area contributed by atoms with Crippen LogP contribution < -0.4 is 0 Å². The molecule has 11 heavy (non-hydrogen) atoms. The summed E-state index contributed by atoms with van der Waals surface area (Å²) in [5, 5.41) is 9.18. The minimum atomic E-state index is -0.887. The highest BCUT2D eigenvalue weighted by Crippen LogP contribution is 2.33. The predicted octanol–water partition coefficient (Wildman–Crippen LogP) is 0.710. The third kappa shape index (κ3) is 2.89. The van der Waals surface area contributed by atoms with Crippen molar-refractivity contribution in [2.24, 2.45) is 5.92 Å². The van der Waals surface area contributed by atoms with Gasteiger partial charge in [0.25, 0.3) is 0 Å². The average Bonchev–Trinajstić information content (AvgIpc) is 2.72. The minimum absolute atomic E-state index is 0.348. The Morgan fingerprint density at radius 1 is 1.73 bits per heavy atom. The van der Waals surface area contributed by atoms with Crippen LogP contribution in [0.25, 0.3) is 0 Å². The van der Waals surface area contributed by atoms with Crippen molar-refractivity contribution in [1.29, 1.82) is 0 Å². The lowest BCUT2D eigenvalue weighted by atomic mass is 10.2. The van der Waals surface area contributed by atoms with Crippen LogP contribution in [0.1, 0.15) is 26.2 Å². The minimum Gasteiger partial charge on any atom is -0.464 e. The molecule has 0 bridgehead atoms. The summed E-state index contributed by atoms with van der Waals surface area (Å²) in [6.45, 7) is 2.09. The Morgan fingerprint density at radius 3 is 2.82 bits per heavy atom. The molecule has 1 rings (SSSR count). The maximum Gasteiger partial charge on any atom is 0.334 e. The number of rotatable bonds is 4. The normalized spacial score (nSPS) is 19.5. The zero-order valence-electron chi connectivity index (χ0n) is 6.75. The summed E-state index contributed by atoms with van der Waals surface area (Å²) >= 11 is 0. The second-order valence-corrected chi connectivity index (χ2v) is 2.95. The molecule has 1 N–H and O–H groups in total. The molecule has 3 nitrogen and oxygen atoms in total. The maximum atomic E-state index is 10.8. The summed E-state index contributed by atoms with van der Waals surface area (Å²) in [6.07, 6.45) is 1.99. The molecule has 0 saturated heterocycles. The fourth-order valence-corrected chi connectivity index (χ4v) is 1.00. The van der Waals surface area contributed by atoms with Gasteiger partial charge in [-0.1, -0.05) is 12.8 Å². The van der Waals surface area contributed by atoms with Gasteiger partial charge in [0.2, 0.25) is 0 Å². The largest absolute Gasteiger partial charge is 0.464 e. The molecule has 1 unspecified atom stereocenters. The Balaban J connectivity index is 2.15. The number of ether oxygens (including phenoxy) is 1. The fraction of sp³-hybridized carbons (Fsp3) is 0.875. The molecule has 0 spiro atoms. The van der Waals surface area contributed by atoms with Gasteiger partial charge in [-0.2, -0.15) is 0 Å². The average molecular weight is 158 g/mol. The molecule has 1 aliphatic carbocycles. The Bertz CT molecular complexity index is 140. The Kier molecular flexibility index (Phi) is 2.88. The van der Waals surface area contributed by atoms with Gasteiger partial charge >= 0.3 is 5.97 Å². The van der Waals surface area contributed by atoms with Crippen LogP contribution in [0, 0.1) is 5.92 Å². The summed E-state index contributed by atoms with van der Waals surface area (Å²) in [7, 11) is 0. The molecular weight excluding hydrogens is 144 g/mol. The number of carbonyl (C=O) groups excluding carboxylic acids is 1. The van der Waals surface area contributed by atoms with Gasteiger partial charge in [0.05, 0.1) is 6.61 Å². The van der Waals surface area contributed by atoms with Gasteiger partial charge in [-0.05, 0) is 19.3 Å². The lowest BCUT2D eigenvalue weighted by molar-refractivity contribution is -0.153. The van der Waals surface area contributed by atoms with Gasteiger partial charge in [0.15, 0.2) is 6.10 Å². The van der Waals surface area contributed by atoms with Crippen molar-refractivity contribution >= 4 is 5.97 Å². The number of hydrogen-bond acceptors (Lipinski definition) is 3. The van der Waals surface area contributed by atoms with E-state index in [2.05, 4.69) is 4.74 Å². The van der Waals surface area contributed by atoms with E-state index in [1.54, 1.807) is 6.92 Å². The second-order valence-electron chi connectivity index (χ2n) is 2.95. The van der Waals surface area contributed by atoms with E-state index in [1.807, 2.05) is 0 Å². The first-order chi connectivity index (χ1) is 5.24. The quantitative estimate of drug-likeness (QED) is 0.613. The highest BCUT2D eigenvalue weighted by atomic mass is 16.5. The van der Waals surface area contributed by atoms with Crippen molar-refractivity contribution in [3.8, 4) is 0 Å². The summed E-state index contributed by atoms with van der Waals surface area (Å²) in [5.41, 5.74) is 0. The number of esters is 1. The van der Waals surface area contributed by atoms with Crippen molar-refractivity contribution < 1.29 is 14.6 Å². The fourth-order valence-electron chi connectivity index (χ4n) is 1.00. The SMILES string of the molecule is CCOC(=O)C(O)CC1CC1. The molecule has 0 amide bonds. The van der Waals surface area contributed by atoms with E-state index in [-0.39, 0.29) is 0 Å².